The number of hydrogen-bond acceptors (Lipinski definition) is 3. The number of thiophene rings is 1. The molecule has 0 bridgehead atoms. The van der Waals surface area contributed by atoms with E-state index in [1.54, 1.807) is 17.4 Å². The van der Waals surface area contributed by atoms with Gasteiger partial charge < -0.3 is 10.4 Å². The van der Waals surface area contributed by atoms with E-state index < -0.39 is 0 Å². The van der Waals surface area contributed by atoms with Crippen LogP contribution in [0.25, 0.3) is 0 Å². The summed E-state index contributed by atoms with van der Waals surface area (Å²) in [6, 6.07) is 8.39. The van der Waals surface area contributed by atoms with Gasteiger partial charge in [-0.05, 0) is 31.4 Å². The molecule has 0 aliphatic rings. The molecule has 2 aromatic rings. The van der Waals surface area contributed by atoms with Gasteiger partial charge >= 0.3 is 0 Å². The third-order valence-electron chi connectivity index (χ3n) is 2.92. The summed E-state index contributed by atoms with van der Waals surface area (Å²) in [7, 11) is 0. The molecule has 0 saturated heterocycles. The van der Waals surface area contributed by atoms with Crippen LogP contribution in [0.3, 0.4) is 0 Å². The maximum Gasteiger partial charge on any atom is 0.131 e. The lowest BCUT2D eigenvalue weighted by Gasteiger charge is -2.20. The minimum Gasteiger partial charge on any atom is -0.508 e. The Morgan fingerprint density at radius 2 is 2.00 bits per heavy atom. The maximum atomic E-state index is 13.7. The first-order valence-corrected chi connectivity index (χ1v) is 6.73. The molecule has 1 heterocycles. The second-order valence-corrected chi connectivity index (χ2v) is 5.31. The third kappa shape index (κ3) is 2.89. The summed E-state index contributed by atoms with van der Waals surface area (Å²) < 4.78 is 13.7. The Labute approximate surface area is 110 Å². The number of halogens is 1. The van der Waals surface area contributed by atoms with E-state index in [1.807, 2.05) is 18.4 Å². The minimum absolute atomic E-state index is 0.0465. The van der Waals surface area contributed by atoms with Gasteiger partial charge in [-0.1, -0.05) is 12.1 Å². The predicted molar refractivity (Wildman–Crippen MR) is 72.3 cm³/mol. The molecule has 2 nitrogen and oxygen atoms in total. The molecule has 2 rings (SSSR count). The molecule has 0 amide bonds. The van der Waals surface area contributed by atoms with Crippen molar-refractivity contribution >= 4 is 11.3 Å². The molecular formula is C14H16FNOS. The van der Waals surface area contributed by atoms with Crippen LogP contribution in [-0.2, 0) is 0 Å². The van der Waals surface area contributed by atoms with Crippen LogP contribution in [0.5, 0.6) is 5.75 Å². The van der Waals surface area contributed by atoms with Crippen molar-refractivity contribution in [3.63, 3.8) is 0 Å². The Hall–Kier alpha value is -1.39. The van der Waals surface area contributed by atoms with Gasteiger partial charge in [0.05, 0.1) is 0 Å². The lowest BCUT2D eigenvalue weighted by molar-refractivity contribution is 0.456. The first kappa shape index (κ1) is 13.1. The molecule has 0 fully saturated rings. The van der Waals surface area contributed by atoms with Crippen LogP contribution in [0.15, 0.2) is 35.7 Å². The van der Waals surface area contributed by atoms with Gasteiger partial charge in [-0.3, -0.25) is 0 Å². The second kappa shape index (κ2) is 5.50. The van der Waals surface area contributed by atoms with Crippen molar-refractivity contribution in [1.82, 2.24) is 5.32 Å². The quantitative estimate of drug-likeness (QED) is 0.875. The number of benzene rings is 1. The van der Waals surface area contributed by atoms with E-state index in [0.29, 0.717) is 5.56 Å². The molecule has 2 N–H and O–H groups in total. The summed E-state index contributed by atoms with van der Waals surface area (Å²) in [5, 5.41) is 14.6. The van der Waals surface area contributed by atoms with Crippen molar-refractivity contribution in [2.75, 3.05) is 0 Å². The van der Waals surface area contributed by atoms with Crippen molar-refractivity contribution in [2.24, 2.45) is 0 Å². The monoisotopic (exact) mass is 265 g/mol. The summed E-state index contributed by atoms with van der Waals surface area (Å²) in [5.41, 5.74) is 0.566. The highest BCUT2D eigenvalue weighted by atomic mass is 32.1. The lowest BCUT2D eigenvalue weighted by Crippen LogP contribution is -2.22. The van der Waals surface area contributed by atoms with E-state index in [-0.39, 0.29) is 23.7 Å². The van der Waals surface area contributed by atoms with Gasteiger partial charge in [0.2, 0.25) is 0 Å². The van der Waals surface area contributed by atoms with Crippen LogP contribution < -0.4 is 5.32 Å². The van der Waals surface area contributed by atoms with Crippen LogP contribution in [0.2, 0.25) is 0 Å². The number of phenolic OH excluding ortho intramolecular Hbond substituents is 1. The van der Waals surface area contributed by atoms with Crippen molar-refractivity contribution < 1.29 is 9.50 Å². The van der Waals surface area contributed by atoms with E-state index in [0.717, 1.165) is 6.07 Å². The number of nitrogens with one attached hydrogen (secondary N) is 1. The van der Waals surface area contributed by atoms with E-state index in [1.165, 1.54) is 10.9 Å². The first-order chi connectivity index (χ1) is 8.58. The number of hydrogen-bond donors (Lipinski definition) is 2. The SMILES string of the molecule is CC(NC(C)c1ccc(O)cc1F)c1cccs1. The minimum atomic E-state index is -0.381. The number of rotatable bonds is 4. The van der Waals surface area contributed by atoms with E-state index >= 15 is 0 Å². The molecule has 0 aliphatic heterocycles. The third-order valence-corrected chi connectivity index (χ3v) is 3.98. The number of aromatic hydroxyl groups is 1. The fourth-order valence-corrected chi connectivity index (χ4v) is 2.70. The summed E-state index contributed by atoms with van der Waals surface area (Å²) in [4.78, 5) is 1.22. The highest BCUT2D eigenvalue weighted by molar-refractivity contribution is 7.10. The van der Waals surface area contributed by atoms with Crippen LogP contribution in [0, 0.1) is 5.82 Å². The van der Waals surface area contributed by atoms with Crippen molar-refractivity contribution in [3.05, 3.63) is 52.0 Å². The summed E-state index contributed by atoms with van der Waals surface area (Å²) in [6.45, 7) is 3.97. The Morgan fingerprint density at radius 3 is 2.61 bits per heavy atom. The van der Waals surface area contributed by atoms with Crippen LogP contribution >= 0.6 is 11.3 Å². The zero-order valence-corrected chi connectivity index (χ0v) is 11.2. The molecule has 1 aromatic heterocycles. The highest BCUT2D eigenvalue weighted by Gasteiger charge is 2.15. The van der Waals surface area contributed by atoms with Gasteiger partial charge in [0.25, 0.3) is 0 Å². The molecule has 0 aliphatic carbocycles. The standard InChI is InChI=1S/C14H16FNOS/c1-9(12-6-5-11(17)8-13(12)15)16-10(2)14-4-3-7-18-14/h3-10,16-17H,1-2H3. The molecule has 2 unspecified atom stereocenters. The molecule has 1 aromatic carbocycles. The fourth-order valence-electron chi connectivity index (χ4n) is 1.95. The highest BCUT2D eigenvalue weighted by Crippen LogP contribution is 2.25. The van der Waals surface area contributed by atoms with E-state index in [9.17, 15) is 9.50 Å². The molecule has 0 saturated carbocycles. The molecule has 2 atom stereocenters. The topological polar surface area (TPSA) is 32.3 Å². The Morgan fingerprint density at radius 1 is 1.22 bits per heavy atom. The smallest absolute Gasteiger partial charge is 0.131 e. The van der Waals surface area contributed by atoms with E-state index in [2.05, 4.69) is 18.3 Å². The van der Waals surface area contributed by atoms with Gasteiger partial charge in [-0.25, -0.2) is 4.39 Å². The second-order valence-electron chi connectivity index (χ2n) is 4.33. The predicted octanol–water partition coefficient (Wildman–Crippen LogP) is 4.00. The molecular weight excluding hydrogens is 249 g/mol. The molecule has 0 spiro atoms. The first-order valence-electron chi connectivity index (χ1n) is 5.86. The van der Waals surface area contributed by atoms with Crippen LogP contribution in [0.1, 0.15) is 36.4 Å². The largest absolute Gasteiger partial charge is 0.508 e. The normalized spacial score (nSPS) is 14.4. The average molecular weight is 265 g/mol. The Bertz CT molecular complexity index is 513. The zero-order valence-electron chi connectivity index (χ0n) is 10.4. The Kier molecular flexibility index (Phi) is 3.99. The van der Waals surface area contributed by atoms with Crippen molar-refractivity contribution in [3.8, 4) is 5.75 Å². The lowest BCUT2D eigenvalue weighted by atomic mass is 10.1. The maximum absolute atomic E-state index is 13.7. The molecule has 96 valence electrons. The van der Waals surface area contributed by atoms with Crippen LogP contribution in [-0.4, -0.2) is 5.11 Å². The van der Waals surface area contributed by atoms with E-state index in [4.69, 9.17) is 0 Å². The van der Waals surface area contributed by atoms with Crippen LogP contribution in [0.4, 0.5) is 4.39 Å². The van der Waals surface area contributed by atoms with Gasteiger partial charge in [-0.15, -0.1) is 11.3 Å². The molecule has 0 radical (unpaired) electrons. The zero-order chi connectivity index (χ0) is 13.1. The summed E-state index contributed by atoms with van der Waals surface area (Å²) >= 11 is 1.68. The van der Waals surface area contributed by atoms with Gasteiger partial charge in [0.15, 0.2) is 0 Å². The summed E-state index contributed by atoms with van der Waals surface area (Å²) in [5.74, 6) is -0.428. The molecule has 18 heavy (non-hydrogen) atoms. The van der Waals surface area contributed by atoms with Gasteiger partial charge in [0, 0.05) is 28.6 Å². The molecule has 4 heteroatoms. The number of phenols is 1. The Balaban J connectivity index is 2.10. The van der Waals surface area contributed by atoms with Crippen molar-refractivity contribution in [2.45, 2.75) is 25.9 Å². The van der Waals surface area contributed by atoms with Gasteiger partial charge in [-0.2, -0.15) is 0 Å². The summed E-state index contributed by atoms with van der Waals surface area (Å²) in [6.07, 6.45) is 0. The van der Waals surface area contributed by atoms with Crippen molar-refractivity contribution in [1.29, 1.82) is 0 Å². The van der Waals surface area contributed by atoms with Gasteiger partial charge in [0.1, 0.15) is 11.6 Å². The average Bonchev–Trinajstić information content (AvgIpc) is 2.81. The fraction of sp³-hybridized carbons (Fsp3) is 0.286.